The third-order valence-electron chi connectivity index (χ3n) is 7.18. The lowest BCUT2D eigenvalue weighted by Gasteiger charge is -2.49. The Morgan fingerprint density at radius 2 is 1.61 bits per heavy atom. The molecule has 0 spiro atoms. The van der Waals surface area contributed by atoms with Crippen LogP contribution >= 0.6 is 0 Å². The maximum atomic E-state index is 12.8. The molecule has 6 heteroatoms. The molecular formula is C22H36N4O2. The highest BCUT2D eigenvalue weighted by molar-refractivity contribution is 5.93. The number of hydrogen-bond donors (Lipinski definition) is 0. The molecule has 0 atom stereocenters. The fourth-order valence-electron chi connectivity index (χ4n) is 5.08. The van der Waals surface area contributed by atoms with Crippen LogP contribution in [-0.4, -0.2) is 96.9 Å². The first kappa shape index (κ1) is 19.9. The number of carbonyl (C=O) groups is 2. The number of piperidine rings is 1. The molecule has 0 aromatic rings. The summed E-state index contributed by atoms with van der Waals surface area (Å²) >= 11 is 0. The molecule has 0 aromatic carbocycles. The quantitative estimate of drug-likeness (QED) is 0.736. The number of carbonyl (C=O) groups excluding carboxylic acids is 2. The van der Waals surface area contributed by atoms with Crippen LogP contribution in [0.4, 0.5) is 0 Å². The van der Waals surface area contributed by atoms with Gasteiger partial charge < -0.3 is 14.7 Å². The number of likely N-dealkylation sites (tertiary alicyclic amines) is 2. The first-order valence-corrected chi connectivity index (χ1v) is 11.3. The Kier molecular flexibility index (Phi) is 6.36. The molecule has 3 saturated heterocycles. The van der Waals surface area contributed by atoms with Crippen LogP contribution in [0.1, 0.15) is 44.9 Å². The van der Waals surface area contributed by atoms with Crippen LogP contribution in [-0.2, 0) is 9.59 Å². The van der Waals surface area contributed by atoms with E-state index in [1.54, 1.807) is 0 Å². The molecule has 3 heterocycles. The number of piperazine rings is 1. The van der Waals surface area contributed by atoms with Crippen molar-refractivity contribution in [3.05, 3.63) is 11.6 Å². The second-order valence-electron chi connectivity index (χ2n) is 9.13. The molecule has 0 radical (unpaired) electrons. The van der Waals surface area contributed by atoms with Gasteiger partial charge in [0.2, 0.25) is 11.8 Å². The van der Waals surface area contributed by atoms with Gasteiger partial charge in [0.05, 0.1) is 0 Å². The number of rotatable bonds is 3. The fourth-order valence-corrected chi connectivity index (χ4v) is 5.08. The summed E-state index contributed by atoms with van der Waals surface area (Å²) in [6.45, 7) is 7.39. The minimum absolute atomic E-state index is 0.236. The summed E-state index contributed by atoms with van der Waals surface area (Å²) in [7, 11) is 2.14. The Labute approximate surface area is 169 Å². The Bertz CT molecular complexity index is 598. The minimum Gasteiger partial charge on any atom is -0.339 e. The predicted molar refractivity (Wildman–Crippen MR) is 110 cm³/mol. The monoisotopic (exact) mass is 388 g/mol. The van der Waals surface area contributed by atoms with Crippen LogP contribution < -0.4 is 0 Å². The van der Waals surface area contributed by atoms with Crippen molar-refractivity contribution >= 4 is 11.8 Å². The Morgan fingerprint density at radius 1 is 0.893 bits per heavy atom. The highest BCUT2D eigenvalue weighted by Gasteiger charge is 2.39. The molecule has 3 aliphatic heterocycles. The second kappa shape index (κ2) is 8.95. The van der Waals surface area contributed by atoms with Gasteiger partial charge in [0, 0.05) is 56.8 Å². The van der Waals surface area contributed by atoms with E-state index in [-0.39, 0.29) is 11.8 Å². The Hall–Kier alpha value is -1.40. The molecule has 6 nitrogen and oxygen atoms in total. The third kappa shape index (κ3) is 4.43. The van der Waals surface area contributed by atoms with Crippen LogP contribution in [0.2, 0.25) is 0 Å². The van der Waals surface area contributed by atoms with E-state index in [4.69, 9.17) is 0 Å². The van der Waals surface area contributed by atoms with Crippen molar-refractivity contribution in [3.63, 3.8) is 0 Å². The predicted octanol–water partition coefficient (Wildman–Crippen LogP) is 1.57. The zero-order valence-corrected chi connectivity index (χ0v) is 17.4. The molecule has 28 heavy (non-hydrogen) atoms. The topological polar surface area (TPSA) is 47.1 Å². The van der Waals surface area contributed by atoms with Gasteiger partial charge in [-0.3, -0.25) is 14.5 Å². The molecule has 3 fully saturated rings. The lowest BCUT2D eigenvalue weighted by molar-refractivity contribution is -0.145. The van der Waals surface area contributed by atoms with E-state index in [0.717, 1.165) is 90.0 Å². The van der Waals surface area contributed by atoms with Crippen LogP contribution in [0, 0.1) is 5.92 Å². The fraction of sp³-hybridized carbons (Fsp3) is 0.818. The summed E-state index contributed by atoms with van der Waals surface area (Å²) in [6, 6.07) is 0.490. The van der Waals surface area contributed by atoms with Crippen molar-refractivity contribution in [1.29, 1.82) is 0 Å². The molecule has 0 saturated carbocycles. The summed E-state index contributed by atoms with van der Waals surface area (Å²) in [5, 5.41) is 0. The molecule has 4 rings (SSSR count). The Balaban J connectivity index is 1.20. The summed E-state index contributed by atoms with van der Waals surface area (Å²) in [6.07, 6.45) is 9.83. The molecule has 0 N–H and O–H groups in total. The highest BCUT2D eigenvalue weighted by atomic mass is 16.2. The van der Waals surface area contributed by atoms with Crippen LogP contribution in [0.15, 0.2) is 11.6 Å². The van der Waals surface area contributed by atoms with Crippen molar-refractivity contribution in [2.45, 2.75) is 51.0 Å². The van der Waals surface area contributed by atoms with Gasteiger partial charge in [-0.25, -0.2) is 0 Å². The van der Waals surface area contributed by atoms with Crippen molar-refractivity contribution in [2.24, 2.45) is 5.92 Å². The first-order chi connectivity index (χ1) is 13.6. The number of allylic oxidation sites excluding steroid dienone is 1. The van der Waals surface area contributed by atoms with E-state index in [1.807, 2.05) is 4.90 Å². The van der Waals surface area contributed by atoms with E-state index in [9.17, 15) is 9.59 Å². The van der Waals surface area contributed by atoms with Crippen molar-refractivity contribution < 1.29 is 9.59 Å². The summed E-state index contributed by atoms with van der Waals surface area (Å²) in [4.78, 5) is 34.4. The average Bonchev–Trinajstić information content (AvgIpc) is 2.97. The molecule has 1 aliphatic carbocycles. The summed E-state index contributed by atoms with van der Waals surface area (Å²) in [5.41, 5.74) is 1.05. The molecule has 0 bridgehead atoms. The standard InChI is InChI=1S/C22H36N4O2/c1-23-10-8-19(9-11-23)22(28)26-16-20(17-26)24-12-14-25(15-13-24)21(27)18-6-4-2-3-5-7-18/h6,19-20H,2-5,7-17H2,1H3. The minimum atomic E-state index is 0.236. The number of hydrogen-bond acceptors (Lipinski definition) is 4. The van der Waals surface area contributed by atoms with E-state index in [1.165, 1.54) is 12.8 Å². The maximum absolute atomic E-state index is 12.8. The average molecular weight is 389 g/mol. The maximum Gasteiger partial charge on any atom is 0.249 e. The highest BCUT2D eigenvalue weighted by Crippen LogP contribution is 2.25. The molecule has 2 amide bonds. The lowest BCUT2D eigenvalue weighted by atomic mass is 9.93. The molecule has 0 aromatic heterocycles. The zero-order valence-electron chi connectivity index (χ0n) is 17.4. The van der Waals surface area contributed by atoms with Gasteiger partial charge in [0.1, 0.15) is 0 Å². The number of nitrogens with zero attached hydrogens (tertiary/aromatic N) is 4. The van der Waals surface area contributed by atoms with Crippen LogP contribution in [0.25, 0.3) is 0 Å². The summed E-state index contributed by atoms with van der Waals surface area (Å²) < 4.78 is 0. The van der Waals surface area contributed by atoms with Crippen molar-refractivity contribution in [2.75, 3.05) is 59.4 Å². The third-order valence-corrected chi connectivity index (χ3v) is 7.18. The van der Waals surface area contributed by atoms with E-state index >= 15 is 0 Å². The van der Waals surface area contributed by atoms with E-state index in [0.29, 0.717) is 11.9 Å². The smallest absolute Gasteiger partial charge is 0.249 e. The van der Waals surface area contributed by atoms with Crippen molar-refractivity contribution in [1.82, 2.24) is 19.6 Å². The SMILES string of the molecule is CN1CCC(C(=O)N2CC(N3CCN(C(=O)C4=CCCCCC4)CC3)C2)CC1. The van der Waals surface area contributed by atoms with Crippen LogP contribution in [0.5, 0.6) is 0 Å². The molecule has 156 valence electrons. The zero-order chi connectivity index (χ0) is 19.5. The van der Waals surface area contributed by atoms with E-state index < -0.39 is 0 Å². The second-order valence-corrected chi connectivity index (χ2v) is 9.13. The Morgan fingerprint density at radius 3 is 2.32 bits per heavy atom. The van der Waals surface area contributed by atoms with E-state index in [2.05, 4.69) is 27.8 Å². The largest absolute Gasteiger partial charge is 0.339 e. The molecule has 0 unspecified atom stereocenters. The first-order valence-electron chi connectivity index (χ1n) is 11.3. The van der Waals surface area contributed by atoms with Gasteiger partial charge in [-0.2, -0.15) is 0 Å². The normalized spacial score (nSPS) is 26.5. The van der Waals surface area contributed by atoms with Gasteiger partial charge in [-0.1, -0.05) is 12.5 Å². The summed E-state index contributed by atoms with van der Waals surface area (Å²) in [5.74, 6) is 0.882. The van der Waals surface area contributed by atoms with Crippen LogP contribution in [0.3, 0.4) is 0 Å². The molecular weight excluding hydrogens is 352 g/mol. The number of amides is 2. The van der Waals surface area contributed by atoms with Gasteiger partial charge in [-0.15, -0.1) is 0 Å². The van der Waals surface area contributed by atoms with Gasteiger partial charge in [0.25, 0.3) is 0 Å². The van der Waals surface area contributed by atoms with Gasteiger partial charge in [0.15, 0.2) is 0 Å². The van der Waals surface area contributed by atoms with Crippen molar-refractivity contribution in [3.8, 4) is 0 Å². The van der Waals surface area contributed by atoms with Gasteiger partial charge in [-0.05, 0) is 58.7 Å². The molecule has 4 aliphatic rings. The van der Waals surface area contributed by atoms with Gasteiger partial charge >= 0.3 is 0 Å². The lowest BCUT2D eigenvalue weighted by Crippen LogP contribution is -2.65.